The number of hydrogen-bond donors (Lipinski definition) is 3. The van der Waals surface area contributed by atoms with Crippen molar-refractivity contribution in [1.82, 2.24) is 9.97 Å². The zero-order valence-corrected chi connectivity index (χ0v) is 15.2. The van der Waals surface area contributed by atoms with E-state index in [1.807, 2.05) is 0 Å². The van der Waals surface area contributed by atoms with Crippen LogP contribution in [0, 0.1) is 12.7 Å². The number of rotatable bonds is 5. The molecule has 0 radical (unpaired) electrons. The molecule has 0 aliphatic rings. The highest BCUT2D eigenvalue weighted by Gasteiger charge is 2.18. The molecule has 9 heteroatoms. The molecule has 4 rings (SSSR count). The van der Waals surface area contributed by atoms with Gasteiger partial charge in [0, 0.05) is 6.07 Å². The number of oxazole rings is 1. The van der Waals surface area contributed by atoms with E-state index in [0.717, 1.165) is 5.56 Å². The molecule has 146 valence electrons. The number of aromatic nitrogens is 2. The maximum atomic E-state index is 14.2. The Morgan fingerprint density at radius 1 is 1.21 bits per heavy atom. The molecule has 29 heavy (non-hydrogen) atoms. The van der Waals surface area contributed by atoms with Gasteiger partial charge in [-0.05, 0) is 36.8 Å². The third-order valence-corrected chi connectivity index (χ3v) is 4.17. The van der Waals surface area contributed by atoms with Crippen LogP contribution in [0.25, 0.3) is 11.1 Å². The summed E-state index contributed by atoms with van der Waals surface area (Å²) in [6.07, 6.45) is 2.67. The predicted octanol–water partition coefficient (Wildman–Crippen LogP) is 3.60. The Kier molecular flexibility index (Phi) is 4.47. The van der Waals surface area contributed by atoms with E-state index in [2.05, 4.69) is 15.3 Å². The first-order valence-corrected chi connectivity index (χ1v) is 8.52. The maximum Gasteiger partial charge on any atom is 0.417 e. The second-order valence-corrected chi connectivity index (χ2v) is 6.31. The molecule has 0 saturated heterocycles. The van der Waals surface area contributed by atoms with Gasteiger partial charge in [0.15, 0.2) is 11.3 Å². The molecule has 0 saturated carbocycles. The van der Waals surface area contributed by atoms with Gasteiger partial charge in [-0.1, -0.05) is 6.07 Å². The summed E-state index contributed by atoms with van der Waals surface area (Å²) < 4.78 is 24.9. The van der Waals surface area contributed by atoms with Crippen LogP contribution in [0.15, 0.2) is 58.0 Å². The fourth-order valence-corrected chi connectivity index (χ4v) is 2.86. The van der Waals surface area contributed by atoms with E-state index in [-0.39, 0.29) is 22.7 Å². The number of nitrogens with one attached hydrogen (secondary N) is 2. The number of carbonyl (C=O) groups excluding carboxylic acids is 1. The molecule has 0 aliphatic carbocycles. The number of fused-ring (bicyclic) bond motifs is 1. The number of nitrogens with two attached hydrogens (primary N) is 1. The van der Waals surface area contributed by atoms with Crippen LogP contribution >= 0.6 is 0 Å². The number of aryl methyl sites for hydroxylation is 1. The molecule has 0 fully saturated rings. The Hall–Kier alpha value is -4.14. The molecule has 4 aromatic rings. The van der Waals surface area contributed by atoms with Crippen LogP contribution in [-0.2, 0) is 0 Å². The van der Waals surface area contributed by atoms with Crippen molar-refractivity contribution < 1.29 is 18.3 Å². The lowest BCUT2D eigenvalue weighted by atomic mass is 10.1. The van der Waals surface area contributed by atoms with Crippen molar-refractivity contribution in [2.45, 2.75) is 6.92 Å². The molecule has 0 spiro atoms. The van der Waals surface area contributed by atoms with Crippen molar-refractivity contribution >= 4 is 28.4 Å². The van der Waals surface area contributed by atoms with Crippen LogP contribution in [-0.4, -0.2) is 15.9 Å². The van der Waals surface area contributed by atoms with Gasteiger partial charge in [-0.2, -0.15) is 0 Å². The topological polar surface area (TPSA) is 123 Å². The number of carbonyl (C=O) groups is 1. The van der Waals surface area contributed by atoms with Crippen LogP contribution in [0.5, 0.6) is 11.5 Å². The lowest BCUT2D eigenvalue weighted by Gasteiger charge is -2.14. The number of ether oxygens (including phenoxy) is 1. The average Bonchev–Trinajstić information content (AvgIpc) is 3.03. The van der Waals surface area contributed by atoms with Gasteiger partial charge in [-0.15, -0.1) is 0 Å². The van der Waals surface area contributed by atoms with E-state index in [0.29, 0.717) is 16.8 Å². The third kappa shape index (κ3) is 3.65. The van der Waals surface area contributed by atoms with E-state index in [4.69, 9.17) is 14.9 Å². The molecule has 0 aliphatic heterocycles. The molecule has 4 N–H and O–H groups in total. The number of benzene rings is 2. The molecule has 8 nitrogen and oxygen atoms in total. The first-order valence-electron chi connectivity index (χ1n) is 8.52. The van der Waals surface area contributed by atoms with Crippen molar-refractivity contribution in [3.63, 3.8) is 0 Å². The van der Waals surface area contributed by atoms with Gasteiger partial charge in [0.05, 0.1) is 29.3 Å². The summed E-state index contributed by atoms with van der Waals surface area (Å²) in [5, 5.41) is 2.83. The van der Waals surface area contributed by atoms with Gasteiger partial charge >= 0.3 is 5.76 Å². The lowest BCUT2D eigenvalue weighted by molar-refractivity contribution is 0.0999. The number of amides is 1. The predicted molar refractivity (Wildman–Crippen MR) is 104 cm³/mol. The van der Waals surface area contributed by atoms with E-state index in [9.17, 15) is 14.0 Å². The van der Waals surface area contributed by atoms with Gasteiger partial charge in [0.25, 0.3) is 5.91 Å². The lowest BCUT2D eigenvalue weighted by Crippen LogP contribution is -2.15. The smallest absolute Gasteiger partial charge is 0.417 e. The Bertz CT molecular complexity index is 1300. The quantitative estimate of drug-likeness (QED) is 0.475. The van der Waals surface area contributed by atoms with Crippen LogP contribution in [0.1, 0.15) is 15.9 Å². The van der Waals surface area contributed by atoms with Gasteiger partial charge in [-0.3, -0.25) is 14.8 Å². The number of H-pyrrole nitrogens is 1. The third-order valence-electron chi connectivity index (χ3n) is 4.17. The second kappa shape index (κ2) is 7.12. The van der Waals surface area contributed by atoms with Crippen molar-refractivity contribution in [3.05, 3.63) is 76.3 Å². The fraction of sp³-hybridized carbons (Fsp3) is 0.0500. The number of pyridine rings is 1. The zero-order valence-electron chi connectivity index (χ0n) is 15.2. The van der Waals surface area contributed by atoms with E-state index in [1.165, 1.54) is 24.5 Å². The maximum absolute atomic E-state index is 14.2. The molecule has 2 aromatic heterocycles. The second-order valence-electron chi connectivity index (χ2n) is 6.31. The number of nitrogens with zero attached hydrogens (tertiary/aromatic N) is 1. The van der Waals surface area contributed by atoms with Crippen molar-refractivity contribution in [2.24, 2.45) is 5.73 Å². The number of halogens is 1. The molecule has 0 atom stereocenters. The van der Waals surface area contributed by atoms with Crippen molar-refractivity contribution in [1.29, 1.82) is 0 Å². The standard InChI is InChI=1S/C20H15FN4O4/c1-10-2-4-13(12(21)6-10)24-15-8-23-9-17(18(15)19(22)26)28-11-3-5-16-14(7-11)25-20(27)29-16/h2-9,24H,1H3,(H2,22,26)(H,25,27). The van der Waals surface area contributed by atoms with Crippen LogP contribution in [0.2, 0.25) is 0 Å². The SMILES string of the molecule is Cc1ccc(Nc2cncc(Oc3ccc4oc(=O)[nH]c4c3)c2C(N)=O)c(F)c1. The first-order chi connectivity index (χ1) is 13.9. The average molecular weight is 394 g/mol. The van der Waals surface area contributed by atoms with Gasteiger partial charge < -0.3 is 20.2 Å². The monoisotopic (exact) mass is 394 g/mol. The van der Waals surface area contributed by atoms with Crippen LogP contribution < -0.4 is 21.5 Å². The highest BCUT2D eigenvalue weighted by atomic mass is 19.1. The Balaban J connectivity index is 1.72. The van der Waals surface area contributed by atoms with Crippen LogP contribution in [0.4, 0.5) is 15.8 Å². The molecule has 1 amide bonds. The van der Waals surface area contributed by atoms with Crippen molar-refractivity contribution in [2.75, 3.05) is 5.32 Å². The minimum atomic E-state index is -0.782. The number of anilines is 2. The molecule has 2 heterocycles. The summed E-state index contributed by atoms with van der Waals surface area (Å²) in [5.41, 5.74) is 7.43. The molecule has 0 bridgehead atoms. The van der Waals surface area contributed by atoms with Crippen LogP contribution in [0.3, 0.4) is 0 Å². The van der Waals surface area contributed by atoms with Crippen molar-refractivity contribution in [3.8, 4) is 11.5 Å². The van der Waals surface area contributed by atoms with Gasteiger partial charge in [-0.25, -0.2) is 9.18 Å². The summed E-state index contributed by atoms with van der Waals surface area (Å²) >= 11 is 0. The Labute approximate surface area is 163 Å². The van der Waals surface area contributed by atoms with E-state index >= 15 is 0 Å². The molecule has 2 aromatic carbocycles. The van der Waals surface area contributed by atoms with E-state index in [1.54, 1.807) is 31.2 Å². The zero-order chi connectivity index (χ0) is 20.5. The molecule has 0 unspecified atom stereocenters. The Morgan fingerprint density at radius 2 is 2.03 bits per heavy atom. The normalized spacial score (nSPS) is 10.8. The summed E-state index contributed by atoms with van der Waals surface area (Å²) in [4.78, 5) is 29.9. The van der Waals surface area contributed by atoms with E-state index < -0.39 is 17.5 Å². The Morgan fingerprint density at radius 3 is 2.79 bits per heavy atom. The summed E-state index contributed by atoms with van der Waals surface area (Å²) in [7, 11) is 0. The summed E-state index contributed by atoms with van der Waals surface area (Å²) in [5.74, 6) is -1.47. The minimum Gasteiger partial charge on any atom is -0.455 e. The largest absolute Gasteiger partial charge is 0.455 e. The summed E-state index contributed by atoms with van der Waals surface area (Å²) in [6, 6.07) is 9.27. The fourth-order valence-electron chi connectivity index (χ4n) is 2.86. The van der Waals surface area contributed by atoms with Gasteiger partial charge in [0.2, 0.25) is 0 Å². The molecular formula is C20H15FN4O4. The number of primary amides is 1. The highest BCUT2D eigenvalue weighted by Crippen LogP contribution is 2.32. The number of aromatic amines is 1. The first kappa shape index (κ1) is 18.2. The highest BCUT2D eigenvalue weighted by molar-refractivity contribution is 6.01. The molecular weight excluding hydrogens is 379 g/mol. The number of hydrogen-bond acceptors (Lipinski definition) is 6. The summed E-state index contributed by atoms with van der Waals surface area (Å²) in [6.45, 7) is 1.77. The van der Waals surface area contributed by atoms with Gasteiger partial charge in [0.1, 0.15) is 17.1 Å². The minimum absolute atomic E-state index is 0.000703.